The fourth-order valence-electron chi connectivity index (χ4n) is 2.14. The van der Waals surface area contributed by atoms with Gasteiger partial charge in [-0.1, -0.05) is 47.6 Å². The van der Waals surface area contributed by atoms with Gasteiger partial charge in [-0.05, 0) is 23.8 Å². The Morgan fingerprint density at radius 2 is 1.80 bits per heavy atom. The summed E-state index contributed by atoms with van der Waals surface area (Å²) in [6.07, 6.45) is 2.10. The second-order valence-corrected chi connectivity index (χ2v) is 4.52. The fraction of sp³-hybridized carbons (Fsp3) is 0.118. The van der Waals surface area contributed by atoms with Crippen molar-refractivity contribution < 1.29 is 9.57 Å². The van der Waals surface area contributed by atoms with Gasteiger partial charge in [-0.25, -0.2) is 0 Å². The summed E-state index contributed by atoms with van der Waals surface area (Å²) in [7, 11) is 1.67. The maximum absolute atomic E-state index is 5.24. The quantitative estimate of drug-likeness (QED) is 0.850. The van der Waals surface area contributed by atoms with Gasteiger partial charge in [0.2, 0.25) is 0 Å². The monoisotopic (exact) mass is 265 g/mol. The van der Waals surface area contributed by atoms with Crippen LogP contribution in [0.25, 0.3) is 6.08 Å². The first-order valence-corrected chi connectivity index (χ1v) is 6.47. The minimum absolute atomic E-state index is 0.510. The average Bonchev–Trinajstić information content (AvgIpc) is 2.97. The van der Waals surface area contributed by atoms with Crippen molar-refractivity contribution in [2.75, 3.05) is 13.7 Å². The molecule has 0 aromatic heterocycles. The minimum Gasteiger partial charge on any atom is -0.497 e. The zero-order chi connectivity index (χ0) is 13.8. The molecule has 0 fully saturated rings. The van der Waals surface area contributed by atoms with Crippen LogP contribution in [-0.2, 0) is 4.84 Å². The molecule has 0 radical (unpaired) electrons. The maximum Gasteiger partial charge on any atom is 0.144 e. The Morgan fingerprint density at radius 3 is 2.50 bits per heavy atom. The Morgan fingerprint density at radius 1 is 1.05 bits per heavy atom. The zero-order valence-corrected chi connectivity index (χ0v) is 11.2. The summed E-state index contributed by atoms with van der Waals surface area (Å²) in [4.78, 5) is 5.24. The Balaban J connectivity index is 1.89. The van der Waals surface area contributed by atoms with Gasteiger partial charge in [-0.2, -0.15) is 0 Å². The number of hydrogen-bond acceptors (Lipinski definition) is 3. The van der Waals surface area contributed by atoms with Gasteiger partial charge in [0.05, 0.1) is 7.11 Å². The van der Waals surface area contributed by atoms with Crippen LogP contribution in [0.2, 0.25) is 0 Å². The van der Waals surface area contributed by atoms with E-state index in [1.54, 1.807) is 7.11 Å². The van der Waals surface area contributed by atoms with Crippen LogP contribution in [-0.4, -0.2) is 19.4 Å². The normalized spacial score (nSPS) is 15.8. The highest BCUT2D eigenvalue weighted by Crippen LogP contribution is 2.20. The first kappa shape index (κ1) is 12.5. The van der Waals surface area contributed by atoms with Crippen LogP contribution in [0.15, 0.2) is 65.3 Å². The smallest absolute Gasteiger partial charge is 0.144 e. The molecule has 20 heavy (non-hydrogen) atoms. The molecular formula is C17H15NO2. The lowest BCUT2D eigenvalue weighted by Crippen LogP contribution is -2.01. The highest BCUT2D eigenvalue weighted by Gasteiger charge is 2.17. The van der Waals surface area contributed by atoms with Crippen LogP contribution in [0.4, 0.5) is 0 Å². The molecule has 3 rings (SSSR count). The molecule has 0 spiro atoms. The molecule has 0 aliphatic carbocycles. The first-order chi connectivity index (χ1) is 9.86. The van der Waals surface area contributed by atoms with Crippen molar-refractivity contribution in [2.45, 2.75) is 0 Å². The molecule has 0 saturated carbocycles. The molecule has 2 aromatic carbocycles. The van der Waals surface area contributed by atoms with Gasteiger partial charge in [-0.3, -0.25) is 0 Å². The molecule has 3 heteroatoms. The summed E-state index contributed by atoms with van der Waals surface area (Å²) in [6, 6.07) is 18.0. The molecule has 1 aliphatic heterocycles. The molecule has 0 atom stereocenters. The lowest BCUT2D eigenvalue weighted by Gasteiger charge is -2.03. The Hall–Kier alpha value is -2.55. The van der Waals surface area contributed by atoms with Crippen molar-refractivity contribution in [3.63, 3.8) is 0 Å². The fourth-order valence-corrected chi connectivity index (χ4v) is 2.14. The van der Waals surface area contributed by atoms with Gasteiger partial charge >= 0.3 is 0 Å². The van der Waals surface area contributed by atoms with Crippen LogP contribution in [0, 0.1) is 0 Å². The second kappa shape index (κ2) is 5.61. The zero-order valence-electron chi connectivity index (χ0n) is 11.2. The summed E-state index contributed by atoms with van der Waals surface area (Å²) in [5.74, 6) is 0.853. The molecule has 0 amide bonds. The number of nitrogens with zero attached hydrogens (tertiary/aromatic N) is 1. The predicted molar refractivity (Wildman–Crippen MR) is 79.9 cm³/mol. The summed E-state index contributed by atoms with van der Waals surface area (Å²) >= 11 is 0. The first-order valence-electron chi connectivity index (χ1n) is 6.47. The Labute approximate surface area is 118 Å². The molecule has 2 aromatic rings. The van der Waals surface area contributed by atoms with E-state index in [9.17, 15) is 0 Å². The van der Waals surface area contributed by atoms with E-state index in [1.165, 1.54) is 0 Å². The van der Waals surface area contributed by atoms with E-state index in [4.69, 9.17) is 9.57 Å². The van der Waals surface area contributed by atoms with Gasteiger partial charge < -0.3 is 9.57 Å². The van der Waals surface area contributed by atoms with E-state index in [0.717, 1.165) is 28.2 Å². The minimum atomic E-state index is 0.510. The molecule has 3 nitrogen and oxygen atoms in total. The van der Waals surface area contributed by atoms with E-state index >= 15 is 0 Å². The van der Waals surface area contributed by atoms with Gasteiger partial charge in [0, 0.05) is 11.1 Å². The van der Waals surface area contributed by atoms with Gasteiger partial charge in [0.25, 0.3) is 0 Å². The summed E-state index contributed by atoms with van der Waals surface area (Å²) in [5, 5.41) is 4.14. The van der Waals surface area contributed by atoms with Crippen LogP contribution in [0.3, 0.4) is 0 Å². The van der Waals surface area contributed by atoms with E-state index < -0.39 is 0 Å². The third kappa shape index (κ3) is 2.57. The molecule has 0 N–H and O–H groups in total. The van der Waals surface area contributed by atoms with Crippen molar-refractivity contribution in [3.8, 4) is 5.75 Å². The van der Waals surface area contributed by atoms with Crippen molar-refractivity contribution in [1.29, 1.82) is 0 Å². The third-order valence-corrected chi connectivity index (χ3v) is 3.18. The van der Waals surface area contributed by atoms with Crippen LogP contribution >= 0.6 is 0 Å². The molecule has 100 valence electrons. The van der Waals surface area contributed by atoms with E-state index in [0.29, 0.717) is 6.61 Å². The molecular weight excluding hydrogens is 250 g/mol. The number of ether oxygens (including phenoxy) is 1. The summed E-state index contributed by atoms with van der Waals surface area (Å²) < 4.78 is 5.16. The van der Waals surface area contributed by atoms with Crippen molar-refractivity contribution in [2.24, 2.45) is 5.16 Å². The van der Waals surface area contributed by atoms with Gasteiger partial charge in [-0.15, -0.1) is 0 Å². The van der Waals surface area contributed by atoms with E-state index in [2.05, 4.69) is 11.2 Å². The Bertz CT molecular complexity index is 642. The largest absolute Gasteiger partial charge is 0.497 e. The number of oxime groups is 1. The topological polar surface area (TPSA) is 30.8 Å². The standard InChI is InChI=1S/C17H15NO2/c1-19-16-9-7-13(8-10-16)11-15-12-20-18-17(15)14-5-3-2-4-6-14/h2-11H,12H2,1H3/b15-11+. The van der Waals surface area contributed by atoms with Crippen LogP contribution < -0.4 is 4.74 Å². The van der Waals surface area contributed by atoms with Crippen LogP contribution in [0.5, 0.6) is 5.75 Å². The van der Waals surface area contributed by atoms with E-state index in [-0.39, 0.29) is 0 Å². The third-order valence-electron chi connectivity index (χ3n) is 3.18. The SMILES string of the molecule is COc1ccc(/C=C2\CON=C2c2ccccc2)cc1. The van der Waals surface area contributed by atoms with Gasteiger partial charge in [0.1, 0.15) is 18.1 Å². The lowest BCUT2D eigenvalue weighted by molar-refractivity contribution is 0.187. The average molecular weight is 265 g/mol. The molecule has 0 unspecified atom stereocenters. The number of methoxy groups -OCH3 is 1. The second-order valence-electron chi connectivity index (χ2n) is 4.52. The highest BCUT2D eigenvalue weighted by molar-refractivity contribution is 6.15. The maximum atomic E-state index is 5.24. The predicted octanol–water partition coefficient (Wildman–Crippen LogP) is 3.51. The number of rotatable bonds is 3. The Kier molecular flexibility index (Phi) is 3.50. The molecule has 1 aliphatic rings. The van der Waals surface area contributed by atoms with Crippen LogP contribution in [0.1, 0.15) is 11.1 Å². The molecule has 1 heterocycles. The van der Waals surface area contributed by atoms with Crippen molar-refractivity contribution in [1.82, 2.24) is 0 Å². The number of benzene rings is 2. The van der Waals surface area contributed by atoms with Crippen molar-refractivity contribution in [3.05, 3.63) is 71.3 Å². The number of hydrogen-bond donors (Lipinski definition) is 0. The molecule has 0 bridgehead atoms. The van der Waals surface area contributed by atoms with Gasteiger partial charge in [0.15, 0.2) is 0 Å². The molecule has 0 saturated heterocycles. The summed E-state index contributed by atoms with van der Waals surface area (Å²) in [6.45, 7) is 0.510. The summed E-state index contributed by atoms with van der Waals surface area (Å²) in [5.41, 5.74) is 4.17. The lowest BCUT2D eigenvalue weighted by atomic mass is 10.0. The van der Waals surface area contributed by atoms with E-state index in [1.807, 2.05) is 54.6 Å². The highest BCUT2D eigenvalue weighted by atomic mass is 16.6. The van der Waals surface area contributed by atoms with Crippen molar-refractivity contribution >= 4 is 11.8 Å².